The molecule has 0 aliphatic rings. The fraction of sp³-hybridized carbons (Fsp3) is 0.412. The second kappa shape index (κ2) is 16.3. The maximum Gasteiger partial charge on any atom is 0.243 e. The SMILES string of the molecule is CCOc1ccc(CCC(=O)N(Cc2cccc(OC)c2)C(Cc2ccccc2)C(=O)NC(C)CC)cc1OCC. The minimum absolute atomic E-state index is 0.00427. The molecule has 220 valence electrons. The monoisotopic (exact) mass is 560 g/mol. The van der Waals surface area contributed by atoms with Gasteiger partial charge in [0.1, 0.15) is 11.8 Å². The molecule has 0 saturated carbocycles. The Morgan fingerprint density at radius 2 is 1.54 bits per heavy atom. The Kier molecular flexibility index (Phi) is 12.5. The van der Waals surface area contributed by atoms with Crippen LogP contribution in [0.4, 0.5) is 0 Å². The van der Waals surface area contributed by atoms with Crippen LogP contribution in [0.1, 0.15) is 57.2 Å². The van der Waals surface area contributed by atoms with Crippen LogP contribution in [0, 0.1) is 0 Å². The zero-order valence-electron chi connectivity index (χ0n) is 25.0. The van der Waals surface area contributed by atoms with Crippen molar-refractivity contribution in [3.8, 4) is 17.2 Å². The molecule has 2 atom stereocenters. The Morgan fingerprint density at radius 1 is 0.829 bits per heavy atom. The quantitative estimate of drug-likeness (QED) is 0.233. The van der Waals surface area contributed by atoms with Crippen molar-refractivity contribution in [1.82, 2.24) is 10.2 Å². The van der Waals surface area contributed by atoms with Crippen LogP contribution < -0.4 is 19.5 Å². The van der Waals surface area contributed by atoms with Crippen molar-refractivity contribution in [1.29, 1.82) is 0 Å². The number of nitrogens with zero attached hydrogens (tertiary/aromatic N) is 1. The van der Waals surface area contributed by atoms with Crippen LogP contribution in [0.3, 0.4) is 0 Å². The third kappa shape index (κ3) is 9.55. The summed E-state index contributed by atoms with van der Waals surface area (Å²) in [6, 6.07) is 22.6. The van der Waals surface area contributed by atoms with Gasteiger partial charge in [-0.15, -0.1) is 0 Å². The number of carbonyl (C=O) groups is 2. The summed E-state index contributed by atoms with van der Waals surface area (Å²) in [6.07, 6.45) is 1.96. The van der Waals surface area contributed by atoms with Crippen molar-refractivity contribution in [3.63, 3.8) is 0 Å². The molecule has 2 unspecified atom stereocenters. The highest BCUT2D eigenvalue weighted by Crippen LogP contribution is 2.29. The Bertz CT molecular complexity index is 1250. The minimum Gasteiger partial charge on any atom is -0.497 e. The van der Waals surface area contributed by atoms with E-state index in [2.05, 4.69) is 5.32 Å². The highest BCUT2D eigenvalue weighted by molar-refractivity contribution is 5.88. The molecule has 0 saturated heterocycles. The number of aryl methyl sites for hydroxylation is 1. The maximum atomic E-state index is 14.0. The van der Waals surface area contributed by atoms with E-state index in [-0.39, 0.29) is 30.8 Å². The van der Waals surface area contributed by atoms with Gasteiger partial charge in [-0.25, -0.2) is 0 Å². The molecule has 0 bridgehead atoms. The molecule has 2 amide bonds. The first-order valence-electron chi connectivity index (χ1n) is 14.5. The van der Waals surface area contributed by atoms with Crippen LogP contribution in [-0.4, -0.2) is 49.1 Å². The zero-order valence-corrected chi connectivity index (χ0v) is 25.0. The molecule has 0 aliphatic carbocycles. The van der Waals surface area contributed by atoms with Gasteiger partial charge in [0.05, 0.1) is 20.3 Å². The molecule has 0 radical (unpaired) electrons. The van der Waals surface area contributed by atoms with Crippen LogP contribution in [-0.2, 0) is 29.0 Å². The molecule has 7 nitrogen and oxygen atoms in total. The lowest BCUT2D eigenvalue weighted by Crippen LogP contribution is -2.52. The van der Waals surface area contributed by atoms with Crippen molar-refractivity contribution in [3.05, 3.63) is 89.5 Å². The molecule has 1 N–H and O–H groups in total. The molecule has 3 aromatic rings. The summed E-state index contributed by atoms with van der Waals surface area (Å²) in [5.74, 6) is 1.81. The number of hydrogen-bond acceptors (Lipinski definition) is 5. The second-order valence-electron chi connectivity index (χ2n) is 10.0. The second-order valence-corrected chi connectivity index (χ2v) is 10.0. The van der Waals surface area contributed by atoms with Crippen LogP contribution in [0.2, 0.25) is 0 Å². The van der Waals surface area contributed by atoms with Crippen LogP contribution in [0.15, 0.2) is 72.8 Å². The average molecular weight is 561 g/mol. The van der Waals surface area contributed by atoms with E-state index in [0.717, 1.165) is 23.1 Å². The fourth-order valence-corrected chi connectivity index (χ4v) is 4.61. The van der Waals surface area contributed by atoms with E-state index in [1.54, 1.807) is 12.0 Å². The number of methoxy groups -OCH3 is 1. The molecule has 0 aliphatic heterocycles. The van der Waals surface area contributed by atoms with E-state index in [1.165, 1.54) is 0 Å². The van der Waals surface area contributed by atoms with Gasteiger partial charge in [-0.2, -0.15) is 0 Å². The van der Waals surface area contributed by atoms with Crippen molar-refractivity contribution in [2.24, 2.45) is 0 Å². The number of rotatable bonds is 16. The number of ether oxygens (including phenoxy) is 3. The van der Waals surface area contributed by atoms with E-state index in [4.69, 9.17) is 14.2 Å². The third-order valence-electron chi connectivity index (χ3n) is 6.99. The average Bonchev–Trinajstić information content (AvgIpc) is 2.99. The van der Waals surface area contributed by atoms with E-state index < -0.39 is 6.04 Å². The number of amides is 2. The van der Waals surface area contributed by atoms with Crippen molar-refractivity contribution >= 4 is 11.8 Å². The van der Waals surface area contributed by atoms with Crippen LogP contribution in [0.5, 0.6) is 17.2 Å². The van der Waals surface area contributed by atoms with E-state index in [1.807, 2.05) is 100 Å². The lowest BCUT2D eigenvalue weighted by molar-refractivity contribution is -0.141. The van der Waals surface area contributed by atoms with Gasteiger partial charge < -0.3 is 24.4 Å². The smallest absolute Gasteiger partial charge is 0.243 e. The normalized spacial score (nSPS) is 12.2. The third-order valence-corrected chi connectivity index (χ3v) is 6.99. The lowest BCUT2D eigenvalue weighted by Gasteiger charge is -2.32. The first kappa shape index (κ1) is 31.5. The van der Waals surface area contributed by atoms with Crippen LogP contribution in [0.25, 0.3) is 0 Å². The summed E-state index contributed by atoms with van der Waals surface area (Å²) in [7, 11) is 1.62. The lowest BCUT2D eigenvalue weighted by atomic mass is 10.0. The van der Waals surface area contributed by atoms with E-state index in [9.17, 15) is 9.59 Å². The molecule has 7 heteroatoms. The van der Waals surface area contributed by atoms with Gasteiger partial charge in [0.25, 0.3) is 0 Å². The van der Waals surface area contributed by atoms with Gasteiger partial charge in [-0.3, -0.25) is 9.59 Å². The van der Waals surface area contributed by atoms with Gasteiger partial charge in [-0.1, -0.05) is 55.5 Å². The Morgan fingerprint density at radius 3 is 2.22 bits per heavy atom. The largest absolute Gasteiger partial charge is 0.497 e. The molecular formula is C34H44N2O5. The van der Waals surface area contributed by atoms with Crippen molar-refractivity contribution < 1.29 is 23.8 Å². The van der Waals surface area contributed by atoms with Crippen LogP contribution >= 0.6 is 0 Å². The summed E-state index contributed by atoms with van der Waals surface area (Å²) in [5, 5.41) is 3.12. The summed E-state index contributed by atoms with van der Waals surface area (Å²) >= 11 is 0. The number of nitrogens with one attached hydrogen (secondary N) is 1. The van der Waals surface area contributed by atoms with Crippen molar-refractivity contribution in [2.45, 2.75) is 72.0 Å². The van der Waals surface area contributed by atoms with Gasteiger partial charge in [-0.05, 0) is 74.6 Å². The summed E-state index contributed by atoms with van der Waals surface area (Å²) in [4.78, 5) is 29.4. The number of benzene rings is 3. The molecular weight excluding hydrogens is 516 g/mol. The highest BCUT2D eigenvalue weighted by Gasteiger charge is 2.31. The molecule has 0 heterocycles. The first-order chi connectivity index (χ1) is 19.9. The van der Waals surface area contributed by atoms with Gasteiger partial charge in [0, 0.05) is 25.4 Å². The topological polar surface area (TPSA) is 77.1 Å². The standard InChI is InChI=1S/C34H44N2O5/c1-6-25(4)35-34(38)30(22-26-13-10-9-11-14-26)36(24-28-15-12-16-29(21-28)39-5)33(37)20-18-27-17-19-31(40-7-2)32(23-27)41-8-3/h9-17,19,21,23,25,30H,6-8,18,20,22,24H2,1-5H3,(H,35,38). The van der Waals surface area contributed by atoms with Gasteiger partial charge >= 0.3 is 0 Å². The highest BCUT2D eigenvalue weighted by atomic mass is 16.5. The number of carbonyl (C=O) groups excluding carboxylic acids is 2. The molecule has 0 spiro atoms. The Labute approximate surface area is 244 Å². The van der Waals surface area contributed by atoms with E-state index >= 15 is 0 Å². The molecule has 3 aromatic carbocycles. The van der Waals surface area contributed by atoms with Gasteiger partial charge in [0.2, 0.25) is 11.8 Å². The predicted octanol–water partition coefficient (Wildman–Crippen LogP) is 5.98. The minimum atomic E-state index is -0.676. The fourth-order valence-electron chi connectivity index (χ4n) is 4.61. The molecule has 0 aromatic heterocycles. The summed E-state index contributed by atoms with van der Waals surface area (Å²) in [5.41, 5.74) is 2.86. The molecule has 41 heavy (non-hydrogen) atoms. The molecule has 3 rings (SSSR count). The number of hydrogen-bond donors (Lipinski definition) is 1. The first-order valence-corrected chi connectivity index (χ1v) is 14.5. The Balaban J connectivity index is 1.92. The zero-order chi connectivity index (χ0) is 29.6. The maximum absolute atomic E-state index is 14.0. The summed E-state index contributed by atoms with van der Waals surface area (Å²) in [6.45, 7) is 9.22. The van der Waals surface area contributed by atoms with Gasteiger partial charge in [0.15, 0.2) is 11.5 Å². The van der Waals surface area contributed by atoms with E-state index in [0.29, 0.717) is 43.3 Å². The van der Waals surface area contributed by atoms with Crippen molar-refractivity contribution in [2.75, 3.05) is 20.3 Å². The Hall–Kier alpha value is -4.00. The summed E-state index contributed by atoms with van der Waals surface area (Å²) < 4.78 is 16.9. The predicted molar refractivity (Wildman–Crippen MR) is 162 cm³/mol. The molecule has 0 fully saturated rings.